The Labute approximate surface area is 182 Å². The van der Waals surface area contributed by atoms with Gasteiger partial charge in [0, 0.05) is 6.54 Å². The quantitative estimate of drug-likeness (QED) is 0.300. The second kappa shape index (κ2) is 10.6. The lowest BCUT2D eigenvalue weighted by molar-refractivity contribution is -0.119. The molecule has 0 fully saturated rings. The van der Waals surface area contributed by atoms with Crippen molar-refractivity contribution in [3.05, 3.63) is 70.7 Å². The van der Waals surface area contributed by atoms with Crippen molar-refractivity contribution in [2.24, 2.45) is 0 Å². The maximum absolute atomic E-state index is 12.1. The molecular formula is C20H21N5O3S2. The zero-order valence-electron chi connectivity index (χ0n) is 16.3. The molecule has 10 heteroatoms. The van der Waals surface area contributed by atoms with Gasteiger partial charge >= 0.3 is 0 Å². The molecule has 0 aliphatic rings. The topological polar surface area (TPSA) is 98.1 Å². The van der Waals surface area contributed by atoms with Gasteiger partial charge in [0.25, 0.3) is 5.91 Å². The predicted octanol–water partition coefficient (Wildman–Crippen LogP) is 2.97. The number of allylic oxidation sites excluding steroid dienone is 1. The number of hydrogen-bond donors (Lipinski definition) is 2. The summed E-state index contributed by atoms with van der Waals surface area (Å²) in [5.74, 6) is 0.742. The summed E-state index contributed by atoms with van der Waals surface area (Å²) in [6, 6.07) is 11.2. The van der Waals surface area contributed by atoms with Crippen LogP contribution in [-0.4, -0.2) is 32.3 Å². The Bertz CT molecular complexity index is 1020. The highest BCUT2D eigenvalue weighted by Crippen LogP contribution is 2.19. The molecule has 2 heterocycles. The van der Waals surface area contributed by atoms with Gasteiger partial charge in [-0.2, -0.15) is 0 Å². The predicted molar refractivity (Wildman–Crippen MR) is 116 cm³/mol. The smallest absolute Gasteiger partial charge is 0.279 e. The maximum atomic E-state index is 12.1. The molecule has 2 N–H and O–H groups in total. The molecule has 2 amide bonds. The van der Waals surface area contributed by atoms with Gasteiger partial charge in [-0.3, -0.25) is 25.0 Å². The molecule has 156 valence electrons. The summed E-state index contributed by atoms with van der Waals surface area (Å²) in [6.07, 6.45) is 1.73. The van der Waals surface area contributed by atoms with Gasteiger partial charge in [0.2, 0.25) is 5.91 Å². The number of carbonyl (C=O) groups excluding carboxylic acids is 2. The zero-order chi connectivity index (χ0) is 21.3. The Morgan fingerprint density at radius 2 is 2.13 bits per heavy atom. The molecular weight excluding hydrogens is 422 g/mol. The fourth-order valence-electron chi connectivity index (χ4n) is 2.46. The van der Waals surface area contributed by atoms with Crippen LogP contribution in [0, 0.1) is 6.92 Å². The molecule has 30 heavy (non-hydrogen) atoms. The minimum Gasteiger partial charge on any atom is -0.486 e. The maximum Gasteiger partial charge on any atom is 0.279 e. The number of ether oxygens (including phenoxy) is 1. The highest BCUT2D eigenvalue weighted by molar-refractivity contribution is 7.99. The van der Waals surface area contributed by atoms with Crippen molar-refractivity contribution in [2.45, 2.75) is 25.2 Å². The van der Waals surface area contributed by atoms with Gasteiger partial charge in [0.05, 0.1) is 10.6 Å². The van der Waals surface area contributed by atoms with Crippen LogP contribution in [0.5, 0.6) is 5.75 Å². The molecule has 0 radical (unpaired) electrons. The number of aryl methyl sites for hydroxylation is 1. The van der Waals surface area contributed by atoms with E-state index >= 15 is 0 Å². The standard InChI is InChI=1S/C20H21N5O3S2/c1-3-9-25-17(12-28-15-7-4-6-14(2)11-15)21-24-20(25)30-13-18(26)22-23-19(27)16-8-5-10-29-16/h3-8,10-11H,1,9,12-13H2,2H3,(H,22,26)(H,23,27). The zero-order valence-corrected chi connectivity index (χ0v) is 18.0. The van der Waals surface area contributed by atoms with E-state index in [0.717, 1.165) is 11.3 Å². The Balaban J connectivity index is 1.54. The highest BCUT2D eigenvalue weighted by atomic mass is 32.2. The van der Waals surface area contributed by atoms with Crippen LogP contribution in [0.2, 0.25) is 0 Å². The van der Waals surface area contributed by atoms with Gasteiger partial charge in [-0.15, -0.1) is 28.1 Å². The van der Waals surface area contributed by atoms with E-state index in [0.29, 0.717) is 22.4 Å². The number of hydrazine groups is 1. The van der Waals surface area contributed by atoms with Crippen LogP contribution in [0.25, 0.3) is 0 Å². The third-order valence-electron chi connectivity index (χ3n) is 3.86. The summed E-state index contributed by atoms with van der Waals surface area (Å²) >= 11 is 2.51. The number of hydrogen-bond acceptors (Lipinski definition) is 7. The molecule has 0 atom stereocenters. The Morgan fingerprint density at radius 3 is 2.87 bits per heavy atom. The number of nitrogens with one attached hydrogen (secondary N) is 2. The lowest BCUT2D eigenvalue weighted by atomic mass is 10.2. The second-order valence-electron chi connectivity index (χ2n) is 6.17. The number of amides is 2. The van der Waals surface area contributed by atoms with E-state index in [-0.39, 0.29) is 24.2 Å². The first-order valence-corrected chi connectivity index (χ1v) is 10.9. The van der Waals surface area contributed by atoms with E-state index in [9.17, 15) is 9.59 Å². The normalized spacial score (nSPS) is 10.4. The Hall–Kier alpha value is -3.11. The van der Waals surface area contributed by atoms with Gasteiger partial charge in [0.15, 0.2) is 11.0 Å². The molecule has 3 aromatic rings. The minimum atomic E-state index is -0.353. The van der Waals surface area contributed by atoms with Crippen molar-refractivity contribution in [1.82, 2.24) is 25.6 Å². The summed E-state index contributed by atoms with van der Waals surface area (Å²) < 4.78 is 7.64. The highest BCUT2D eigenvalue weighted by Gasteiger charge is 2.15. The largest absolute Gasteiger partial charge is 0.486 e. The lowest BCUT2D eigenvalue weighted by Gasteiger charge is -2.10. The van der Waals surface area contributed by atoms with E-state index in [1.807, 2.05) is 35.8 Å². The second-order valence-corrected chi connectivity index (χ2v) is 8.06. The summed E-state index contributed by atoms with van der Waals surface area (Å²) in [6.45, 7) is 6.49. The molecule has 0 saturated carbocycles. The molecule has 0 unspecified atom stereocenters. The molecule has 3 rings (SSSR count). The summed E-state index contributed by atoms with van der Waals surface area (Å²) in [5, 5.41) is 10.7. The SMILES string of the molecule is C=CCn1c(COc2cccc(C)c2)nnc1SCC(=O)NNC(=O)c1cccs1. The van der Waals surface area contributed by atoms with Crippen molar-refractivity contribution in [3.8, 4) is 5.75 Å². The fourth-order valence-corrected chi connectivity index (χ4v) is 3.85. The number of carbonyl (C=O) groups is 2. The molecule has 2 aromatic heterocycles. The van der Waals surface area contributed by atoms with Crippen molar-refractivity contribution in [3.63, 3.8) is 0 Å². The fraction of sp³-hybridized carbons (Fsp3) is 0.200. The average Bonchev–Trinajstić information content (AvgIpc) is 3.40. The molecule has 1 aromatic carbocycles. The first-order valence-electron chi connectivity index (χ1n) is 9.04. The van der Waals surface area contributed by atoms with Gasteiger partial charge < -0.3 is 4.74 Å². The van der Waals surface area contributed by atoms with Crippen LogP contribution in [0.1, 0.15) is 21.1 Å². The van der Waals surface area contributed by atoms with E-state index in [2.05, 4.69) is 27.6 Å². The molecule has 0 saturated heterocycles. The number of benzene rings is 1. The van der Waals surface area contributed by atoms with Crippen molar-refractivity contribution in [1.29, 1.82) is 0 Å². The van der Waals surface area contributed by atoms with Gasteiger partial charge in [-0.25, -0.2) is 0 Å². The number of nitrogens with zero attached hydrogens (tertiary/aromatic N) is 3. The van der Waals surface area contributed by atoms with Crippen LogP contribution in [-0.2, 0) is 17.9 Å². The van der Waals surface area contributed by atoms with Crippen LogP contribution in [0.15, 0.2) is 59.6 Å². The average molecular weight is 444 g/mol. The number of thiophene rings is 1. The lowest BCUT2D eigenvalue weighted by Crippen LogP contribution is -2.42. The van der Waals surface area contributed by atoms with Crippen molar-refractivity contribution in [2.75, 3.05) is 5.75 Å². The first kappa shape index (κ1) is 21.6. The van der Waals surface area contributed by atoms with Gasteiger partial charge in [-0.05, 0) is 36.1 Å². The minimum absolute atomic E-state index is 0.0682. The Morgan fingerprint density at radius 1 is 1.27 bits per heavy atom. The molecule has 8 nitrogen and oxygen atoms in total. The molecule has 0 spiro atoms. The van der Waals surface area contributed by atoms with E-state index in [1.165, 1.54) is 23.1 Å². The van der Waals surface area contributed by atoms with E-state index in [4.69, 9.17) is 4.74 Å². The van der Waals surface area contributed by atoms with Crippen molar-refractivity contribution >= 4 is 34.9 Å². The number of thioether (sulfide) groups is 1. The summed E-state index contributed by atoms with van der Waals surface area (Å²) in [7, 11) is 0. The molecule has 0 aliphatic carbocycles. The summed E-state index contributed by atoms with van der Waals surface area (Å²) in [5.41, 5.74) is 5.89. The van der Waals surface area contributed by atoms with Crippen LogP contribution in [0.4, 0.5) is 0 Å². The monoisotopic (exact) mass is 443 g/mol. The van der Waals surface area contributed by atoms with Gasteiger partial charge in [0.1, 0.15) is 12.4 Å². The Kier molecular flexibility index (Phi) is 7.63. The van der Waals surface area contributed by atoms with Gasteiger partial charge in [-0.1, -0.05) is 36.0 Å². The van der Waals surface area contributed by atoms with E-state index < -0.39 is 0 Å². The van der Waals surface area contributed by atoms with Crippen LogP contribution >= 0.6 is 23.1 Å². The van der Waals surface area contributed by atoms with Crippen LogP contribution in [0.3, 0.4) is 0 Å². The van der Waals surface area contributed by atoms with E-state index in [1.54, 1.807) is 23.6 Å². The number of aromatic nitrogens is 3. The summed E-state index contributed by atoms with van der Waals surface area (Å²) in [4.78, 5) is 24.4. The number of rotatable bonds is 9. The molecule has 0 aliphatic heterocycles. The first-order chi connectivity index (χ1) is 14.6. The third kappa shape index (κ3) is 5.94. The van der Waals surface area contributed by atoms with Crippen LogP contribution < -0.4 is 15.6 Å². The molecule has 0 bridgehead atoms. The van der Waals surface area contributed by atoms with Crippen molar-refractivity contribution < 1.29 is 14.3 Å². The third-order valence-corrected chi connectivity index (χ3v) is 5.69.